The molecule has 0 spiro atoms. The SMILES string of the molecule is CCOC(=O)CCC(C#N)(c1ccc(C)cc1)c1ccccn1. The van der Waals surface area contributed by atoms with Gasteiger partial charge in [-0.15, -0.1) is 0 Å². The van der Waals surface area contributed by atoms with E-state index in [0.29, 0.717) is 18.7 Å². The van der Waals surface area contributed by atoms with Crippen molar-refractivity contribution in [1.82, 2.24) is 4.98 Å². The van der Waals surface area contributed by atoms with E-state index in [9.17, 15) is 10.1 Å². The van der Waals surface area contributed by atoms with Crippen LogP contribution in [0, 0.1) is 18.3 Å². The number of pyridine rings is 1. The van der Waals surface area contributed by atoms with E-state index in [1.165, 1.54) is 0 Å². The molecule has 1 atom stereocenters. The molecule has 118 valence electrons. The molecule has 4 nitrogen and oxygen atoms in total. The summed E-state index contributed by atoms with van der Waals surface area (Å²) in [5.41, 5.74) is 1.65. The van der Waals surface area contributed by atoms with Crippen molar-refractivity contribution in [1.29, 1.82) is 5.26 Å². The molecule has 0 aliphatic rings. The van der Waals surface area contributed by atoms with Crippen LogP contribution in [0.3, 0.4) is 0 Å². The molecule has 2 aromatic rings. The van der Waals surface area contributed by atoms with Crippen molar-refractivity contribution < 1.29 is 9.53 Å². The maximum atomic E-state index is 11.8. The minimum Gasteiger partial charge on any atom is -0.466 e. The lowest BCUT2D eigenvalue weighted by molar-refractivity contribution is -0.143. The average molecular weight is 308 g/mol. The van der Waals surface area contributed by atoms with E-state index < -0.39 is 5.41 Å². The third kappa shape index (κ3) is 3.75. The number of hydrogen-bond donors (Lipinski definition) is 0. The van der Waals surface area contributed by atoms with Crippen molar-refractivity contribution >= 4 is 5.97 Å². The summed E-state index contributed by atoms with van der Waals surface area (Å²) in [6, 6.07) is 15.7. The number of carbonyl (C=O) groups is 1. The van der Waals surface area contributed by atoms with E-state index >= 15 is 0 Å². The lowest BCUT2D eigenvalue weighted by atomic mass is 9.74. The highest BCUT2D eigenvalue weighted by atomic mass is 16.5. The Balaban J connectivity index is 2.43. The van der Waals surface area contributed by atoms with Crippen LogP contribution in [0.15, 0.2) is 48.7 Å². The number of nitrogens with zero attached hydrogens (tertiary/aromatic N) is 2. The summed E-state index contributed by atoms with van der Waals surface area (Å²) in [7, 11) is 0. The number of nitriles is 1. The number of hydrogen-bond acceptors (Lipinski definition) is 4. The summed E-state index contributed by atoms with van der Waals surface area (Å²) < 4.78 is 5.00. The molecule has 1 aromatic heterocycles. The van der Waals surface area contributed by atoms with Crippen molar-refractivity contribution in [3.63, 3.8) is 0 Å². The summed E-state index contributed by atoms with van der Waals surface area (Å²) in [4.78, 5) is 16.1. The van der Waals surface area contributed by atoms with Gasteiger partial charge in [-0.05, 0) is 38.0 Å². The quantitative estimate of drug-likeness (QED) is 0.766. The van der Waals surface area contributed by atoms with Crippen molar-refractivity contribution in [2.45, 2.75) is 32.1 Å². The molecular formula is C19H20N2O2. The molecule has 0 amide bonds. The van der Waals surface area contributed by atoms with Crippen LogP contribution in [0.25, 0.3) is 0 Å². The van der Waals surface area contributed by atoms with E-state index in [1.807, 2.05) is 49.4 Å². The van der Waals surface area contributed by atoms with Gasteiger partial charge in [-0.2, -0.15) is 5.26 Å². The molecule has 0 N–H and O–H groups in total. The maximum absolute atomic E-state index is 11.8. The first kappa shape index (κ1) is 16.7. The molecule has 23 heavy (non-hydrogen) atoms. The Labute approximate surface area is 136 Å². The van der Waals surface area contributed by atoms with Crippen molar-refractivity contribution in [3.8, 4) is 6.07 Å². The first-order valence-corrected chi connectivity index (χ1v) is 7.68. The monoisotopic (exact) mass is 308 g/mol. The molecule has 0 aliphatic heterocycles. The van der Waals surface area contributed by atoms with Crippen LogP contribution in [-0.2, 0) is 14.9 Å². The number of esters is 1. The fourth-order valence-electron chi connectivity index (χ4n) is 2.57. The van der Waals surface area contributed by atoms with Crippen molar-refractivity contribution in [3.05, 3.63) is 65.5 Å². The van der Waals surface area contributed by atoms with Gasteiger partial charge in [0.05, 0.1) is 18.4 Å². The molecule has 0 saturated heterocycles. The predicted molar refractivity (Wildman–Crippen MR) is 87.7 cm³/mol. The highest BCUT2D eigenvalue weighted by molar-refractivity contribution is 5.70. The zero-order valence-electron chi connectivity index (χ0n) is 13.5. The minimum atomic E-state index is -0.957. The first-order chi connectivity index (χ1) is 11.1. The van der Waals surface area contributed by atoms with Crippen LogP contribution in [-0.4, -0.2) is 17.6 Å². The van der Waals surface area contributed by atoms with E-state index in [0.717, 1.165) is 11.1 Å². The standard InChI is InChI=1S/C19H20N2O2/c1-3-23-18(22)11-12-19(14-20,17-6-4-5-13-21-17)16-9-7-15(2)8-10-16/h4-10,13H,3,11-12H2,1-2H3. The smallest absolute Gasteiger partial charge is 0.305 e. The number of aryl methyl sites for hydroxylation is 1. The molecule has 0 saturated carbocycles. The van der Waals surface area contributed by atoms with Crippen LogP contribution in [0.1, 0.15) is 36.6 Å². The Bertz CT molecular complexity index is 690. The van der Waals surface area contributed by atoms with Gasteiger partial charge >= 0.3 is 5.97 Å². The highest BCUT2D eigenvalue weighted by Crippen LogP contribution is 2.35. The second-order valence-corrected chi connectivity index (χ2v) is 5.40. The summed E-state index contributed by atoms with van der Waals surface area (Å²) >= 11 is 0. The van der Waals surface area contributed by atoms with Crippen molar-refractivity contribution in [2.75, 3.05) is 6.61 Å². The summed E-state index contributed by atoms with van der Waals surface area (Å²) in [5, 5.41) is 9.95. The van der Waals surface area contributed by atoms with Gasteiger partial charge in [0.2, 0.25) is 0 Å². The zero-order valence-corrected chi connectivity index (χ0v) is 13.5. The second kappa shape index (κ2) is 7.55. The number of aromatic nitrogens is 1. The van der Waals surface area contributed by atoms with Gasteiger partial charge < -0.3 is 4.74 Å². The van der Waals surface area contributed by atoms with Gasteiger partial charge in [0, 0.05) is 12.6 Å². The fourth-order valence-corrected chi connectivity index (χ4v) is 2.57. The Morgan fingerprint density at radius 3 is 2.57 bits per heavy atom. The summed E-state index contributed by atoms with van der Waals surface area (Å²) in [6.07, 6.45) is 2.17. The molecule has 1 aromatic carbocycles. The van der Waals surface area contributed by atoms with E-state index in [-0.39, 0.29) is 12.4 Å². The molecule has 4 heteroatoms. The van der Waals surface area contributed by atoms with Gasteiger partial charge in [-0.3, -0.25) is 9.78 Å². The first-order valence-electron chi connectivity index (χ1n) is 7.68. The van der Waals surface area contributed by atoms with Crippen LogP contribution in [0.4, 0.5) is 0 Å². The largest absolute Gasteiger partial charge is 0.466 e. The molecule has 0 radical (unpaired) electrons. The second-order valence-electron chi connectivity index (χ2n) is 5.40. The predicted octanol–water partition coefficient (Wildman–Crippen LogP) is 3.54. The lowest BCUT2D eigenvalue weighted by Gasteiger charge is -2.26. The topological polar surface area (TPSA) is 63.0 Å². The number of rotatable bonds is 6. The van der Waals surface area contributed by atoms with E-state index in [2.05, 4.69) is 11.1 Å². The molecule has 2 rings (SSSR count). The Morgan fingerprint density at radius 2 is 2.00 bits per heavy atom. The van der Waals surface area contributed by atoms with Gasteiger partial charge in [-0.1, -0.05) is 35.9 Å². The van der Waals surface area contributed by atoms with Crippen LogP contribution >= 0.6 is 0 Å². The molecule has 0 fully saturated rings. The number of benzene rings is 1. The lowest BCUT2D eigenvalue weighted by Crippen LogP contribution is -2.28. The summed E-state index contributed by atoms with van der Waals surface area (Å²) in [6.45, 7) is 4.11. The van der Waals surface area contributed by atoms with Crippen LogP contribution in [0.2, 0.25) is 0 Å². The van der Waals surface area contributed by atoms with E-state index in [1.54, 1.807) is 13.1 Å². The normalized spacial score (nSPS) is 12.9. The van der Waals surface area contributed by atoms with Crippen LogP contribution < -0.4 is 0 Å². The van der Waals surface area contributed by atoms with E-state index in [4.69, 9.17) is 4.74 Å². The van der Waals surface area contributed by atoms with Gasteiger partial charge in [0.15, 0.2) is 0 Å². The van der Waals surface area contributed by atoms with Crippen LogP contribution in [0.5, 0.6) is 0 Å². The van der Waals surface area contributed by atoms with Gasteiger partial charge in [-0.25, -0.2) is 0 Å². The zero-order chi connectivity index (χ0) is 16.7. The Hall–Kier alpha value is -2.67. The molecule has 1 heterocycles. The molecule has 0 aliphatic carbocycles. The Kier molecular flexibility index (Phi) is 5.48. The minimum absolute atomic E-state index is 0.172. The van der Waals surface area contributed by atoms with Gasteiger partial charge in [0.25, 0.3) is 0 Å². The van der Waals surface area contributed by atoms with Gasteiger partial charge in [0.1, 0.15) is 5.41 Å². The Morgan fingerprint density at radius 1 is 1.26 bits per heavy atom. The third-order valence-corrected chi connectivity index (χ3v) is 3.85. The molecular weight excluding hydrogens is 288 g/mol. The average Bonchev–Trinajstić information content (AvgIpc) is 2.58. The third-order valence-electron chi connectivity index (χ3n) is 3.85. The molecule has 0 bridgehead atoms. The summed E-state index contributed by atoms with van der Waals surface area (Å²) in [5.74, 6) is -0.296. The number of ether oxygens (including phenoxy) is 1. The van der Waals surface area contributed by atoms with Crippen molar-refractivity contribution in [2.24, 2.45) is 0 Å². The fraction of sp³-hybridized carbons (Fsp3) is 0.316. The maximum Gasteiger partial charge on any atom is 0.305 e. The number of carbonyl (C=O) groups excluding carboxylic acids is 1. The molecule has 1 unspecified atom stereocenters. The highest BCUT2D eigenvalue weighted by Gasteiger charge is 2.36.